The number of amides is 3. The van der Waals surface area contributed by atoms with Gasteiger partial charge in [-0.3, -0.25) is 14.5 Å². The van der Waals surface area contributed by atoms with E-state index in [1.165, 1.54) is 6.92 Å². The number of hydrogen-bond donors (Lipinski definition) is 1. The van der Waals surface area contributed by atoms with Crippen molar-refractivity contribution in [1.82, 2.24) is 10.2 Å². The first-order valence-corrected chi connectivity index (χ1v) is 7.22. The van der Waals surface area contributed by atoms with Gasteiger partial charge in [0.05, 0.1) is 7.11 Å². The maximum atomic E-state index is 12.7. The van der Waals surface area contributed by atoms with Gasteiger partial charge in [-0.25, -0.2) is 4.79 Å². The van der Waals surface area contributed by atoms with E-state index in [1.807, 2.05) is 6.92 Å². The third-order valence-corrected chi connectivity index (χ3v) is 3.98. The number of carbonyl (C=O) groups is 3. The molecule has 1 aromatic rings. The monoisotopic (exact) mass is 304 g/mol. The highest BCUT2D eigenvalue weighted by Gasteiger charge is 2.50. The van der Waals surface area contributed by atoms with Crippen LogP contribution in [0, 0.1) is 0 Å². The fourth-order valence-electron chi connectivity index (χ4n) is 2.61. The Morgan fingerprint density at radius 1 is 1.27 bits per heavy atom. The van der Waals surface area contributed by atoms with Crippen molar-refractivity contribution in [3.8, 4) is 5.75 Å². The summed E-state index contributed by atoms with van der Waals surface area (Å²) >= 11 is 0. The molecule has 22 heavy (non-hydrogen) atoms. The van der Waals surface area contributed by atoms with Crippen molar-refractivity contribution < 1.29 is 19.1 Å². The van der Waals surface area contributed by atoms with Gasteiger partial charge in [-0.05, 0) is 31.0 Å². The van der Waals surface area contributed by atoms with Crippen molar-refractivity contribution in [2.24, 2.45) is 0 Å². The summed E-state index contributed by atoms with van der Waals surface area (Å²) in [5.74, 6) is 0.311. The van der Waals surface area contributed by atoms with Gasteiger partial charge in [0.1, 0.15) is 17.1 Å². The van der Waals surface area contributed by atoms with E-state index >= 15 is 0 Å². The number of imide groups is 1. The lowest BCUT2D eigenvalue weighted by molar-refractivity contribution is -0.132. The van der Waals surface area contributed by atoms with E-state index in [2.05, 4.69) is 5.32 Å². The number of hydrogen-bond acceptors (Lipinski definition) is 4. The van der Waals surface area contributed by atoms with E-state index < -0.39 is 11.6 Å². The molecular formula is C16H20N2O4. The molecule has 2 rings (SSSR count). The number of carbonyl (C=O) groups excluding carboxylic acids is 3. The Hall–Kier alpha value is -2.37. The molecule has 1 aliphatic rings. The first kappa shape index (κ1) is 16.0. The van der Waals surface area contributed by atoms with Gasteiger partial charge in [-0.2, -0.15) is 0 Å². The fourth-order valence-corrected chi connectivity index (χ4v) is 2.61. The van der Waals surface area contributed by atoms with E-state index in [0.717, 1.165) is 4.90 Å². The van der Waals surface area contributed by atoms with E-state index in [1.54, 1.807) is 31.4 Å². The molecule has 1 aliphatic heterocycles. The second-order valence-corrected chi connectivity index (χ2v) is 5.33. The highest BCUT2D eigenvalue weighted by Crippen LogP contribution is 2.33. The number of methoxy groups -OCH3 is 1. The summed E-state index contributed by atoms with van der Waals surface area (Å²) in [6.07, 6.45) is 0.599. The number of nitrogens with one attached hydrogen (secondary N) is 1. The van der Waals surface area contributed by atoms with Crippen molar-refractivity contribution in [2.75, 3.05) is 13.7 Å². The van der Waals surface area contributed by atoms with E-state index in [0.29, 0.717) is 17.7 Å². The maximum Gasteiger partial charge on any atom is 0.325 e. The standard InChI is InChI=1S/C16H20N2O4/c1-4-16(12-5-7-13(22-3)8-6-12)14(20)18(15(21)17-16)10-9-11(2)19/h5-8H,4,9-10H2,1-3H3,(H,17,21)/t16-/m0/s1. The van der Waals surface area contributed by atoms with Crippen LogP contribution in [0.15, 0.2) is 24.3 Å². The lowest BCUT2D eigenvalue weighted by atomic mass is 9.87. The van der Waals surface area contributed by atoms with Crippen LogP contribution in [-0.4, -0.2) is 36.3 Å². The summed E-state index contributed by atoms with van der Waals surface area (Å²) in [5.41, 5.74) is -0.361. The Kier molecular flexibility index (Phi) is 4.49. The molecule has 1 N–H and O–H groups in total. The second kappa shape index (κ2) is 6.17. The minimum atomic E-state index is -1.07. The molecule has 0 aliphatic carbocycles. The highest BCUT2D eigenvalue weighted by atomic mass is 16.5. The smallest absolute Gasteiger partial charge is 0.325 e. The van der Waals surface area contributed by atoms with Crippen LogP contribution in [0.5, 0.6) is 5.75 Å². The van der Waals surface area contributed by atoms with Gasteiger partial charge < -0.3 is 10.1 Å². The normalized spacial score (nSPS) is 21.0. The Labute approximate surface area is 129 Å². The number of benzene rings is 1. The summed E-state index contributed by atoms with van der Waals surface area (Å²) in [5, 5.41) is 2.78. The van der Waals surface area contributed by atoms with Gasteiger partial charge in [-0.1, -0.05) is 19.1 Å². The topological polar surface area (TPSA) is 75.7 Å². The van der Waals surface area contributed by atoms with Crippen LogP contribution in [0.1, 0.15) is 32.3 Å². The third-order valence-electron chi connectivity index (χ3n) is 3.98. The number of rotatable bonds is 6. The lowest BCUT2D eigenvalue weighted by Gasteiger charge is -2.26. The predicted octanol–water partition coefficient (Wildman–Crippen LogP) is 1.83. The van der Waals surface area contributed by atoms with Crippen LogP contribution in [0.4, 0.5) is 4.79 Å². The van der Waals surface area contributed by atoms with E-state index in [9.17, 15) is 14.4 Å². The van der Waals surface area contributed by atoms with Gasteiger partial charge in [-0.15, -0.1) is 0 Å². The van der Waals surface area contributed by atoms with Crippen molar-refractivity contribution in [1.29, 1.82) is 0 Å². The largest absolute Gasteiger partial charge is 0.497 e. The van der Waals surface area contributed by atoms with Gasteiger partial charge in [0, 0.05) is 13.0 Å². The molecule has 0 radical (unpaired) electrons. The molecule has 118 valence electrons. The Balaban J connectivity index is 2.31. The molecule has 1 fully saturated rings. The Morgan fingerprint density at radius 3 is 2.41 bits per heavy atom. The Bertz CT molecular complexity index is 597. The van der Waals surface area contributed by atoms with Crippen LogP contribution in [0.2, 0.25) is 0 Å². The number of ether oxygens (including phenoxy) is 1. The van der Waals surface area contributed by atoms with E-state index in [-0.39, 0.29) is 24.7 Å². The third kappa shape index (κ3) is 2.68. The lowest BCUT2D eigenvalue weighted by Crippen LogP contribution is -2.43. The van der Waals surface area contributed by atoms with Crippen molar-refractivity contribution >= 4 is 17.7 Å². The maximum absolute atomic E-state index is 12.7. The number of Topliss-reactive ketones (excluding diaryl/α,β-unsaturated/α-hetero) is 1. The molecular weight excluding hydrogens is 284 g/mol. The number of nitrogens with zero attached hydrogens (tertiary/aromatic N) is 1. The molecule has 1 atom stereocenters. The first-order chi connectivity index (χ1) is 10.4. The minimum absolute atomic E-state index is 0.0564. The zero-order chi connectivity index (χ0) is 16.3. The van der Waals surface area contributed by atoms with E-state index in [4.69, 9.17) is 4.74 Å². The zero-order valence-electron chi connectivity index (χ0n) is 13.0. The van der Waals surface area contributed by atoms with Crippen LogP contribution in [0.3, 0.4) is 0 Å². The van der Waals surface area contributed by atoms with Crippen LogP contribution >= 0.6 is 0 Å². The van der Waals surface area contributed by atoms with Crippen LogP contribution < -0.4 is 10.1 Å². The molecule has 0 bridgehead atoms. The molecule has 0 unspecified atom stereocenters. The first-order valence-electron chi connectivity index (χ1n) is 7.22. The highest BCUT2D eigenvalue weighted by molar-refractivity contribution is 6.07. The summed E-state index contributed by atoms with van der Waals surface area (Å²) in [7, 11) is 1.57. The predicted molar refractivity (Wildman–Crippen MR) is 80.5 cm³/mol. The molecule has 1 aromatic carbocycles. The SMILES string of the molecule is CC[C@@]1(c2ccc(OC)cc2)NC(=O)N(CCC(C)=O)C1=O. The molecule has 1 saturated heterocycles. The van der Waals surface area contributed by atoms with Gasteiger partial charge >= 0.3 is 6.03 Å². The Morgan fingerprint density at radius 2 is 1.91 bits per heavy atom. The zero-order valence-corrected chi connectivity index (χ0v) is 13.0. The average Bonchev–Trinajstić information content (AvgIpc) is 2.76. The molecule has 0 saturated carbocycles. The van der Waals surface area contributed by atoms with Gasteiger partial charge in [0.15, 0.2) is 0 Å². The fraction of sp³-hybridized carbons (Fsp3) is 0.438. The molecule has 0 spiro atoms. The molecule has 0 aromatic heterocycles. The van der Waals surface area contributed by atoms with Gasteiger partial charge in [0.2, 0.25) is 0 Å². The summed E-state index contributed by atoms with van der Waals surface area (Å²) < 4.78 is 5.11. The van der Waals surface area contributed by atoms with Crippen molar-refractivity contribution in [2.45, 2.75) is 32.2 Å². The average molecular weight is 304 g/mol. The molecule has 3 amide bonds. The molecule has 6 nitrogen and oxygen atoms in total. The quantitative estimate of drug-likeness (QED) is 0.814. The molecule has 1 heterocycles. The number of urea groups is 1. The van der Waals surface area contributed by atoms with Gasteiger partial charge in [0.25, 0.3) is 5.91 Å². The van der Waals surface area contributed by atoms with Crippen molar-refractivity contribution in [3.63, 3.8) is 0 Å². The minimum Gasteiger partial charge on any atom is -0.497 e. The second-order valence-electron chi connectivity index (χ2n) is 5.33. The van der Waals surface area contributed by atoms with Crippen LogP contribution in [0.25, 0.3) is 0 Å². The summed E-state index contributed by atoms with van der Waals surface area (Å²) in [6, 6.07) is 6.60. The number of ketones is 1. The van der Waals surface area contributed by atoms with Crippen molar-refractivity contribution in [3.05, 3.63) is 29.8 Å². The molecule has 6 heteroatoms. The van der Waals surface area contributed by atoms with Crippen LogP contribution in [-0.2, 0) is 15.1 Å². The summed E-state index contributed by atoms with van der Waals surface area (Å²) in [4.78, 5) is 37.1. The summed E-state index contributed by atoms with van der Waals surface area (Å²) in [6.45, 7) is 3.39.